The third kappa shape index (κ3) is 5.07. The van der Waals surface area contributed by atoms with Crippen LogP contribution in [0.5, 0.6) is 5.75 Å². The number of hydrogen-bond acceptors (Lipinski definition) is 4. The van der Waals surface area contributed by atoms with Crippen LogP contribution in [0.15, 0.2) is 0 Å². The number of hydrogen-bond donors (Lipinski definition) is 1. The summed E-state index contributed by atoms with van der Waals surface area (Å²) in [5.74, 6) is -7.86. The van der Waals surface area contributed by atoms with Crippen LogP contribution < -0.4 is 10.1 Å². The quantitative estimate of drug-likeness (QED) is 0.617. The summed E-state index contributed by atoms with van der Waals surface area (Å²) in [7, 11) is 0. The molecule has 1 aromatic rings. The van der Waals surface area contributed by atoms with E-state index in [1.807, 2.05) is 6.26 Å². The Balaban J connectivity index is 2.82. The van der Waals surface area contributed by atoms with Crippen molar-refractivity contribution in [3.8, 4) is 5.75 Å². The molecule has 0 saturated heterocycles. The minimum atomic E-state index is -1.79. The average Bonchev–Trinajstić information content (AvgIpc) is 2.41. The molecular formula is C12H14F4N2O2S. The van der Waals surface area contributed by atoms with Crippen molar-refractivity contribution in [1.29, 1.82) is 0 Å². The molecule has 0 spiro atoms. The van der Waals surface area contributed by atoms with Crippen molar-refractivity contribution in [2.24, 2.45) is 0 Å². The molecular weight excluding hydrogens is 312 g/mol. The Morgan fingerprint density at radius 3 is 2.33 bits per heavy atom. The first-order valence-electron chi connectivity index (χ1n) is 5.95. The molecule has 0 saturated carbocycles. The highest BCUT2D eigenvalue weighted by Crippen LogP contribution is 2.24. The van der Waals surface area contributed by atoms with Gasteiger partial charge in [-0.15, -0.1) is 0 Å². The second kappa shape index (κ2) is 8.06. The Labute approximate surface area is 123 Å². The summed E-state index contributed by atoms with van der Waals surface area (Å²) < 4.78 is 57.3. The normalized spacial score (nSPS) is 12.1. The standard InChI is InChI=1S/C12H14F4N2O2S/c1-6(19)17-7(3-4-21-2)5-20-10-8(13)11(15)18-12(16)9(10)14/h7H,3-5H2,1-2H3,(H,17,19). The number of aromatic nitrogens is 1. The maximum Gasteiger partial charge on any atom is 0.255 e. The number of pyridine rings is 1. The van der Waals surface area contributed by atoms with Crippen molar-refractivity contribution in [2.75, 3.05) is 18.6 Å². The molecule has 1 aromatic heterocycles. The molecule has 1 heterocycles. The van der Waals surface area contributed by atoms with E-state index < -0.39 is 35.3 Å². The molecule has 21 heavy (non-hydrogen) atoms. The molecule has 1 atom stereocenters. The number of carbonyl (C=O) groups excluding carboxylic acids is 1. The number of amides is 1. The first-order valence-corrected chi connectivity index (χ1v) is 7.35. The number of nitrogens with one attached hydrogen (secondary N) is 1. The highest BCUT2D eigenvalue weighted by atomic mass is 32.2. The van der Waals surface area contributed by atoms with Gasteiger partial charge in [0.15, 0.2) is 0 Å². The lowest BCUT2D eigenvalue weighted by Gasteiger charge is -2.18. The maximum absolute atomic E-state index is 13.3. The van der Waals surface area contributed by atoms with Crippen LogP contribution in [0.4, 0.5) is 17.6 Å². The van der Waals surface area contributed by atoms with E-state index in [1.54, 1.807) is 0 Å². The maximum atomic E-state index is 13.3. The second-order valence-electron chi connectivity index (χ2n) is 4.14. The topological polar surface area (TPSA) is 51.2 Å². The van der Waals surface area contributed by atoms with Gasteiger partial charge >= 0.3 is 0 Å². The molecule has 0 fully saturated rings. The third-order valence-electron chi connectivity index (χ3n) is 2.46. The Morgan fingerprint density at radius 1 is 1.29 bits per heavy atom. The summed E-state index contributed by atoms with van der Waals surface area (Å²) >= 11 is 1.50. The minimum absolute atomic E-state index is 0.323. The first-order chi connectivity index (χ1) is 9.86. The van der Waals surface area contributed by atoms with Crippen LogP contribution in [0.25, 0.3) is 0 Å². The van der Waals surface area contributed by atoms with E-state index in [2.05, 4.69) is 10.3 Å². The van der Waals surface area contributed by atoms with Crippen LogP contribution in [0, 0.1) is 23.5 Å². The Kier molecular flexibility index (Phi) is 6.73. The molecule has 4 nitrogen and oxygen atoms in total. The van der Waals surface area contributed by atoms with Gasteiger partial charge in [-0.1, -0.05) is 0 Å². The van der Waals surface area contributed by atoms with Crippen molar-refractivity contribution in [2.45, 2.75) is 19.4 Å². The van der Waals surface area contributed by atoms with Gasteiger partial charge in [0.2, 0.25) is 23.3 Å². The van der Waals surface area contributed by atoms with Gasteiger partial charge in [0.05, 0.1) is 6.04 Å². The van der Waals surface area contributed by atoms with E-state index in [0.29, 0.717) is 12.2 Å². The van der Waals surface area contributed by atoms with Gasteiger partial charge in [0, 0.05) is 6.92 Å². The van der Waals surface area contributed by atoms with E-state index >= 15 is 0 Å². The smallest absolute Gasteiger partial charge is 0.255 e. The predicted octanol–water partition coefficient (Wildman–Crippen LogP) is 2.27. The fraction of sp³-hybridized carbons (Fsp3) is 0.500. The van der Waals surface area contributed by atoms with Crippen LogP contribution in [-0.4, -0.2) is 35.5 Å². The predicted molar refractivity (Wildman–Crippen MR) is 70.2 cm³/mol. The fourth-order valence-corrected chi connectivity index (χ4v) is 2.04. The monoisotopic (exact) mass is 326 g/mol. The molecule has 0 aromatic carbocycles. The summed E-state index contributed by atoms with van der Waals surface area (Å²) in [6, 6.07) is -0.534. The minimum Gasteiger partial charge on any atom is -0.485 e. The number of carbonyl (C=O) groups is 1. The van der Waals surface area contributed by atoms with Crippen LogP contribution in [0.1, 0.15) is 13.3 Å². The van der Waals surface area contributed by atoms with E-state index in [0.717, 1.165) is 0 Å². The SMILES string of the molecule is CSCCC(COc1c(F)c(F)nc(F)c1F)NC(C)=O. The summed E-state index contributed by atoms with van der Waals surface area (Å²) in [6.45, 7) is 0.954. The number of ether oxygens (including phenoxy) is 1. The molecule has 0 aliphatic rings. The molecule has 1 amide bonds. The lowest BCUT2D eigenvalue weighted by Crippen LogP contribution is -2.38. The Morgan fingerprint density at radius 2 is 1.86 bits per heavy atom. The average molecular weight is 326 g/mol. The zero-order valence-electron chi connectivity index (χ0n) is 11.4. The van der Waals surface area contributed by atoms with Gasteiger partial charge in [0.1, 0.15) is 6.61 Å². The Bertz CT molecular complexity index is 490. The van der Waals surface area contributed by atoms with Gasteiger partial charge in [-0.05, 0) is 18.4 Å². The molecule has 1 unspecified atom stereocenters. The van der Waals surface area contributed by atoms with E-state index in [4.69, 9.17) is 4.74 Å². The summed E-state index contributed by atoms with van der Waals surface area (Å²) in [6.07, 6.45) is 2.32. The number of rotatable bonds is 7. The van der Waals surface area contributed by atoms with Gasteiger partial charge < -0.3 is 10.1 Å². The molecule has 0 aliphatic heterocycles. The van der Waals surface area contributed by atoms with E-state index in [1.165, 1.54) is 18.7 Å². The molecule has 0 aliphatic carbocycles. The third-order valence-corrected chi connectivity index (χ3v) is 3.11. The van der Waals surface area contributed by atoms with Crippen LogP contribution in [0.2, 0.25) is 0 Å². The van der Waals surface area contributed by atoms with Crippen LogP contribution >= 0.6 is 11.8 Å². The van der Waals surface area contributed by atoms with Crippen molar-refractivity contribution >= 4 is 17.7 Å². The van der Waals surface area contributed by atoms with Gasteiger partial charge in [-0.2, -0.15) is 34.3 Å². The number of nitrogens with zero attached hydrogens (tertiary/aromatic N) is 1. The molecule has 0 radical (unpaired) electrons. The summed E-state index contributed by atoms with van der Waals surface area (Å²) in [5, 5.41) is 2.53. The molecule has 0 bridgehead atoms. The Hall–Kier alpha value is -1.51. The lowest BCUT2D eigenvalue weighted by molar-refractivity contribution is -0.119. The molecule has 1 rings (SSSR count). The summed E-state index contributed by atoms with van der Waals surface area (Å²) in [4.78, 5) is 13.4. The van der Waals surface area contributed by atoms with Crippen molar-refractivity contribution in [3.63, 3.8) is 0 Å². The molecule has 118 valence electrons. The zero-order chi connectivity index (χ0) is 16.0. The fourth-order valence-electron chi connectivity index (χ4n) is 1.52. The van der Waals surface area contributed by atoms with Crippen LogP contribution in [-0.2, 0) is 4.79 Å². The van der Waals surface area contributed by atoms with Crippen molar-refractivity contribution in [1.82, 2.24) is 10.3 Å². The molecule has 9 heteroatoms. The van der Waals surface area contributed by atoms with Crippen molar-refractivity contribution in [3.05, 3.63) is 23.5 Å². The first kappa shape index (κ1) is 17.5. The summed E-state index contributed by atoms with van der Waals surface area (Å²) in [5.41, 5.74) is 0. The second-order valence-corrected chi connectivity index (χ2v) is 5.13. The van der Waals surface area contributed by atoms with E-state index in [-0.39, 0.29) is 12.5 Å². The number of halogens is 4. The largest absolute Gasteiger partial charge is 0.485 e. The van der Waals surface area contributed by atoms with Gasteiger partial charge in [-0.3, -0.25) is 4.79 Å². The van der Waals surface area contributed by atoms with Gasteiger partial charge in [0.25, 0.3) is 11.9 Å². The van der Waals surface area contributed by atoms with Crippen LogP contribution in [0.3, 0.4) is 0 Å². The molecule has 1 N–H and O–H groups in total. The van der Waals surface area contributed by atoms with Gasteiger partial charge in [-0.25, -0.2) is 0 Å². The highest BCUT2D eigenvalue weighted by molar-refractivity contribution is 7.98. The highest BCUT2D eigenvalue weighted by Gasteiger charge is 2.23. The van der Waals surface area contributed by atoms with Crippen molar-refractivity contribution < 1.29 is 27.1 Å². The number of thioether (sulfide) groups is 1. The van der Waals surface area contributed by atoms with E-state index in [9.17, 15) is 22.4 Å². The lowest BCUT2D eigenvalue weighted by atomic mass is 10.2. The zero-order valence-corrected chi connectivity index (χ0v) is 12.2.